The fourth-order valence-electron chi connectivity index (χ4n) is 2.71. The zero-order chi connectivity index (χ0) is 14.5. The largest absolute Gasteiger partial charge is 0.494 e. The van der Waals surface area contributed by atoms with Crippen LogP contribution in [0.25, 0.3) is 0 Å². The number of halogens is 1. The van der Waals surface area contributed by atoms with Crippen molar-refractivity contribution in [2.75, 3.05) is 38.2 Å². The summed E-state index contributed by atoms with van der Waals surface area (Å²) in [5, 5.41) is 3.52. The molecule has 0 bridgehead atoms. The number of benzene rings is 1. The van der Waals surface area contributed by atoms with Crippen molar-refractivity contribution in [3.05, 3.63) is 24.0 Å². The lowest BCUT2D eigenvalue weighted by Gasteiger charge is -2.21. The Morgan fingerprint density at radius 3 is 2.95 bits per heavy atom. The minimum Gasteiger partial charge on any atom is -0.494 e. The molecule has 0 saturated carbocycles. The van der Waals surface area contributed by atoms with Crippen molar-refractivity contribution < 1.29 is 9.13 Å². The molecule has 1 aliphatic heterocycles. The molecular weight excluding hydrogens is 255 g/mol. The van der Waals surface area contributed by atoms with E-state index in [1.54, 1.807) is 7.11 Å². The van der Waals surface area contributed by atoms with Crippen LogP contribution in [0.2, 0.25) is 0 Å². The van der Waals surface area contributed by atoms with Gasteiger partial charge in [-0.25, -0.2) is 4.39 Å². The van der Waals surface area contributed by atoms with Crippen molar-refractivity contribution in [2.24, 2.45) is 11.8 Å². The zero-order valence-electron chi connectivity index (χ0n) is 12.7. The van der Waals surface area contributed by atoms with Crippen LogP contribution >= 0.6 is 0 Å². The summed E-state index contributed by atoms with van der Waals surface area (Å²) in [6, 6.07) is 4.78. The smallest absolute Gasteiger partial charge is 0.145 e. The van der Waals surface area contributed by atoms with Crippen LogP contribution in [-0.2, 0) is 0 Å². The standard InChI is InChI=1S/C16H25FN2O/c1-12(2)9-18-10-13-6-7-19(11-13)15-5-4-14(17)8-16(15)20-3/h4-5,8,12-13,18H,6-7,9-11H2,1-3H3. The van der Waals surface area contributed by atoms with Crippen LogP contribution < -0.4 is 15.0 Å². The van der Waals surface area contributed by atoms with Gasteiger partial charge >= 0.3 is 0 Å². The maximum Gasteiger partial charge on any atom is 0.145 e. The highest BCUT2D eigenvalue weighted by atomic mass is 19.1. The van der Waals surface area contributed by atoms with Gasteiger partial charge in [0.15, 0.2) is 0 Å². The molecule has 1 aliphatic rings. The molecule has 1 N–H and O–H groups in total. The summed E-state index contributed by atoms with van der Waals surface area (Å²) < 4.78 is 18.5. The first-order chi connectivity index (χ1) is 9.60. The van der Waals surface area contributed by atoms with Crippen LogP contribution in [0.5, 0.6) is 5.75 Å². The van der Waals surface area contributed by atoms with Gasteiger partial charge in [0.1, 0.15) is 11.6 Å². The molecular formula is C16H25FN2O. The quantitative estimate of drug-likeness (QED) is 0.867. The topological polar surface area (TPSA) is 24.5 Å². The fourth-order valence-corrected chi connectivity index (χ4v) is 2.71. The third-order valence-corrected chi connectivity index (χ3v) is 3.75. The van der Waals surface area contributed by atoms with Crippen molar-refractivity contribution in [1.82, 2.24) is 5.32 Å². The normalized spacial score (nSPS) is 18.9. The van der Waals surface area contributed by atoms with Crippen LogP contribution in [0.1, 0.15) is 20.3 Å². The number of hydrogen-bond acceptors (Lipinski definition) is 3. The Balaban J connectivity index is 1.92. The molecule has 112 valence electrons. The zero-order valence-corrected chi connectivity index (χ0v) is 12.7. The molecule has 1 fully saturated rings. The molecule has 0 amide bonds. The second-order valence-corrected chi connectivity index (χ2v) is 5.97. The van der Waals surface area contributed by atoms with Gasteiger partial charge in [-0.05, 0) is 43.5 Å². The van der Waals surface area contributed by atoms with Gasteiger partial charge in [0, 0.05) is 19.2 Å². The number of nitrogens with zero attached hydrogens (tertiary/aromatic N) is 1. The Morgan fingerprint density at radius 1 is 1.45 bits per heavy atom. The number of ether oxygens (including phenoxy) is 1. The highest BCUT2D eigenvalue weighted by Crippen LogP contribution is 2.32. The Hall–Kier alpha value is -1.29. The molecule has 1 saturated heterocycles. The van der Waals surface area contributed by atoms with Crippen LogP contribution in [0.15, 0.2) is 18.2 Å². The minimum atomic E-state index is -0.250. The predicted molar refractivity (Wildman–Crippen MR) is 81.0 cm³/mol. The van der Waals surface area contributed by atoms with Crippen LogP contribution in [-0.4, -0.2) is 33.3 Å². The third-order valence-electron chi connectivity index (χ3n) is 3.75. The maximum absolute atomic E-state index is 13.2. The molecule has 3 nitrogen and oxygen atoms in total. The first-order valence-corrected chi connectivity index (χ1v) is 7.39. The summed E-state index contributed by atoms with van der Waals surface area (Å²) >= 11 is 0. The number of hydrogen-bond donors (Lipinski definition) is 1. The van der Waals surface area contributed by atoms with Gasteiger partial charge in [0.25, 0.3) is 0 Å². The average Bonchev–Trinajstić information content (AvgIpc) is 2.86. The van der Waals surface area contributed by atoms with Gasteiger partial charge < -0.3 is 15.0 Å². The van der Waals surface area contributed by atoms with E-state index in [1.165, 1.54) is 18.6 Å². The van der Waals surface area contributed by atoms with Gasteiger partial charge in [0.2, 0.25) is 0 Å². The van der Waals surface area contributed by atoms with E-state index < -0.39 is 0 Å². The fraction of sp³-hybridized carbons (Fsp3) is 0.625. The van der Waals surface area contributed by atoms with Crippen molar-refractivity contribution in [3.8, 4) is 5.75 Å². The highest BCUT2D eigenvalue weighted by molar-refractivity contribution is 5.59. The number of methoxy groups -OCH3 is 1. The Morgan fingerprint density at radius 2 is 2.25 bits per heavy atom. The van der Waals surface area contributed by atoms with Crippen LogP contribution in [0.4, 0.5) is 10.1 Å². The van der Waals surface area contributed by atoms with E-state index in [0.717, 1.165) is 31.9 Å². The summed E-state index contributed by atoms with van der Waals surface area (Å²) in [5.41, 5.74) is 1.00. The van der Waals surface area contributed by atoms with Crippen molar-refractivity contribution in [2.45, 2.75) is 20.3 Å². The second kappa shape index (κ2) is 6.93. The molecule has 1 aromatic rings. The number of nitrogens with one attached hydrogen (secondary N) is 1. The summed E-state index contributed by atoms with van der Waals surface area (Å²) in [6.45, 7) is 8.58. The van der Waals surface area contributed by atoms with E-state index in [0.29, 0.717) is 17.6 Å². The van der Waals surface area contributed by atoms with E-state index in [-0.39, 0.29) is 5.82 Å². The molecule has 4 heteroatoms. The minimum absolute atomic E-state index is 0.250. The van der Waals surface area contributed by atoms with Gasteiger partial charge in [-0.3, -0.25) is 0 Å². The molecule has 1 aromatic carbocycles. The predicted octanol–water partition coefficient (Wildman–Crippen LogP) is 2.91. The third kappa shape index (κ3) is 3.85. The molecule has 1 heterocycles. The van der Waals surface area contributed by atoms with Crippen molar-refractivity contribution in [1.29, 1.82) is 0 Å². The molecule has 1 atom stereocenters. The molecule has 0 aromatic heterocycles. The Kier molecular flexibility index (Phi) is 5.24. The summed E-state index contributed by atoms with van der Waals surface area (Å²) in [7, 11) is 1.59. The van der Waals surface area contributed by atoms with Gasteiger partial charge in [-0.15, -0.1) is 0 Å². The van der Waals surface area contributed by atoms with Crippen LogP contribution in [0, 0.1) is 17.7 Å². The lowest BCUT2D eigenvalue weighted by molar-refractivity contribution is 0.411. The van der Waals surface area contributed by atoms with Crippen molar-refractivity contribution >= 4 is 5.69 Å². The highest BCUT2D eigenvalue weighted by Gasteiger charge is 2.24. The SMILES string of the molecule is COc1cc(F)ccc1N1CCC(CNCC(C)C)C1. The average molecular weight is 280 g/mol. The summed E-state index contributed by atoms with van der Waals surface area (Å²) in [6.07, 6.45) is 1.17. The lowest BCUT2D eigenvalue weighted by atomic mass is 10.1. The second-order valence-electron chi connectivity index (χ2n) is 5.97. The Bertz CT molecular complexity index is 436. The van der Waals surface area contributed by atoms with E-state index in [1.807, 2.05) is 6.07 Å². The molecule has 0 spiro atoms. The Labute approximate surface area is 121 Å². The molecule has 2 rings (SSSR count). The van der Waals surface area contributed by atoms with Gasteiger partial charge in [0.05, 0.1) is 12.8 Å². The molecule has 1 unspecified atom stereocenters. The van der Waals surface area contributed by atoms with Gasteiger partial charge in [-0.2, -0.15) is 0 Å². The van der Waals surface area contributed by atoms with E-state index >= 15 is 0 Å². The monoisotopic (exact) mass is 280 g/mol. The van der Waals surface area contributed by atoms with Crippen LogP contribution in [0.3, 0.4) is 0 Å². The number of rotatable bonds is 6. The number of anilines is 1. The first-order valence-electron chi connectivity index (χ1n) is 7.39. The van der Waals surface area contributed by atoms with E-state index in [4.69, 9.17) is 4.74 Å². The van der Waals surface area contributed by atoms with E-state index in [9.17, 15) is 4.39 Å². The molecule has 0 radical (unpaired) electrons. The lowest BCUT2D eigenvalue weighted by Crippen LogP contribution is -2.28. The summed E-state index contributed by atoms with van der Waals surface area (Å²) in [4.78, 5) is 2.29. The summed E-state index contributed by atoms with van der Waals surface area (Å²) in [5.74, 6) is 1.72. The first kappa shape index (κ1) is 15.1. The maximum atomic E-state index is 13.2. The van der Waals surface area contributed by atoms with E-state index in [2.05, 4.69) is 24.1 Å². The van der Waals surface area contributed by atoms with Gasteiger partial charge in [-0.1, -0.05) is 13.8 Å². The molecule has 0 aliphatic carbocycles. The molecule has 20 heavy (non-hydrogen) atoms. The van der Waals surface area contributed by atoms with Crippen molar-refractivity contribution in [3.63, 3.8) is 0 Å².